The van der Waals surface area contributed by atoms with E-state index in [2.05, 4.69) is 0 Å². The first-order valence-corrected chi connectivity index (χ1v) is 3.78. The third-order valence-corrected chi connectivity index (χ3v) is 1.28. The first-order chi connectivity index (χ1) is 5.62. The Labute approximate surface area is 74.0 Å². The highest BCUT2D eigenvalue weighted by Crippen LogP contribution is 1.80. The molecule has 0 atom stereocenters. The lowest BCUT2D eigenvalue weighted by Crippen LogP contribution is -1.69. The molecule has 12 heavy (non-hydrogen) atoms. The Morgan fingerprint density at radius 3 is 1.08 bits per heavy atom. The van der Waals surface area contributed by atoms with Gasteiger partial charge in [0.2, 0.25) is 0 Å². The van der Waals surface area contributed by atoms with E-state index in [1.54, 1.807) is 26.0 Å². The zero-order valence-corrected chi connectivity index (χ0v) is 8.13. The van der Waals surface area contributed by atoms with E-state index in [4.69, 9.17) is 0 Å². The Morgan fingerprint density at radius 1 is 0.833 bits per heavy atom. The molecule has 0 saturated carbocycles. The monoisotopic (exact) mass is 168 g/mol. The summed E-state index contributed by atoms with van der Waals surface area (Å²) in [5.74, 6) is 0. The van der Waals surface area contributed by atoms with Crippen LogP contribution in [0.25, 0.3) is 0 Å². The first kappa shape index (κ1) is 13.4. The van der Waals surface area contributed by atoms with Gasteiger partial charge in [0, 0.05) is 0 Å². The molecule has 0 aliphatic carbocycles. The number of carbonyl (C=O) groups is 2. The molecule has 0 aromatic carbocycles. The summed E-state index contributed by atoms with van der Waals surface area (Å²) in [4.78, 5) is 19.3. The molecule has 0 N–H and O–H groups in total. The second-order valence-electron chi connectivity index (χ2n) is 2.30. The quantitative estimate of drug-likeness (QED) is 0.468. The normalized spacial score (nSPS) is 11.3. The van der Waals surface area contributed by atoms with Crippen molar-refractivity contribution in [3.63, 3.8) is 0 Å². The third-order valence-electron chi connectivity index (χ3n) is 1.28. The highest BCUT2D eigenvalue weighted by atomic mass is 16.1. The van der Waals surface area contributed by atoms with Gasteiger partial charge >= 0.3 is 0 Å². The van der Waals surface area contributed by atoms with Gasteiger partial charge < -0.3 is 0 Å². The maximum Gasteiger partial charge on any atom is 0.145 e. The molecule has 0 amide bonds. The molecule has 0 heterocycles. The molecule has 0 fully saturated rings. The van der Waals surface area contributed by atoms with Gasteiger partial charge in [-0.05, 0) is 38.8 Å². The van der Waals surface area contributed by atoms with Crippen LogP contribution in [0.1, 0.15) is 27.7 Å². The van der Waals surface area contributed by atoms with Crippen LogP contribution in [0.5, 0.6) is 0 Å². The van der Waals surface area contributed by atoms with Gasteiger partial charge in [0.15, 0.2) is 0 Å². The molecule has 68 valence electrons. The Bertz CT molecular complexity index is 166. The molecule has 0 saturated heterocycles. The highest BCUT2D eigenvalue weighted by molar-refractivity contribution is 5.72. The molecule has 0 unspecified atom stereocenters. The number of hydrogen-bond donors (Lipinski definition) is 0. The smallest absolute Gasteiger partial charge is 0.145 e. The summed E-state index contributed by atoms with van der Waals surface area (Å²) >= 11 is 0. The van der Waals surface area contributed by atoms with E-state index in [0.717, 1.165) is 23.7 Å². The van der Waals surface area contributed by atoms with Gasteiger partial charge in [-0.15, -0.1) is 0 Å². The van der Waals surface area contributed by atoms with Crippen LogP contribution in [0, 0.1) is 0 Å². The summed E-state index contributed by atoms with van der Waals surface area (Å²) in [5, 5.41) is 0. The molecule has 0 rings (SSSR count). The molecular weight excluding hydrogens is 152 g/mol. The van der Waals surface area contributed by atoms with E-state index in [1.807, 2.05) is 13.8 Å². The fourth-order valence-electron chi connectivity index (χ4n) is 0.136. The van der Waals surface area contributed by atoms with Crippen LogP contribution < -0.4 is 0 Å². The van der Waals surface area contributed by atoms with Crippen molar-refractivity contribution in [1.29, 1.82) is 0 Å². The van der Waals surface area contributed by atoms with Crippen molar-refractivity contribution in [2.45, 2.75) is 27.7 Å². The summed E-state index contributed by atoms with van der Waals surface area (Å²) in [7, 11) is 0. The zero-order chi connectivity index (χ0) is 9.98. The number of aldehydes is 2. The van der Waals surface area contributed by atoms with Crippen LogP contribution in [0.4, 0.5) is 0 Å². The predicted octanol–water partition coefficient (Wildman–Crippen LogP) is 2.30. The van der Waals surface area contributed by atoms with Gasteiger partial charge in [-0.2, -0.15) is 0 Å². The summed E-state index contributed by atoms with van der Waals surface area (Å²) < 4.78 is 0. The molecule has 0 aromatic rings. The highest BCUT2D eigenvalue weighted by Gasteiger charge is 1.72. The Hall–Kier alpha value is -1.18. The van der Waals surface area contributed by atoms with Gasteiger partial charge in [-0.1, -0.05) is 12.2 Å². The second-order valence-corrected chi connectivity index (χ2v) is 2.30. The van der Waals surface area contributed by atoms with Crippen molar-refractivity contribution in [3.8, 4) is 0 Å². The fourth-order valence-corrected chi connectivity index (χ4v) is 0.136. The van der Waals surface area contributed by atoms with Gasteiger partial charge in [-0.3, -0.25) is 9.59 Å². The number of carbonyl (C=O) groups excluding carboxylic acids is 2. The van der Waals surface area contributed by atoms with E-state index >= 15 is 0 Å². The van der Waals surface area contributed by atoms with Crippen LogP contribution in [0.15, 0.2) is 23.3 Å². The number of allylic oxidation sites excluding steroid dienone is 4. The summed E-state index contributed by atoms with van der Waals surface area (Å²) in [5.41, 5.74) is 1.57. The molecule has 0 aromatic heterocycles. The Morgan fingerprint density at radius 2 is 1.08 bits per heavy atom. The molecule has 0 aliphatic rings. The molecular formula is C10H16O2. The molecule has 2 nitrogen and oxygen atoms in total. The van der Waals surface area contributed by atoms with Crippen molar-refractivity contribution in [3.05, 3.63) is 23.3 Å². The SMILES string of the molecule is CC=C(C)C=O.CC=C(C)C=O. The van der Waals surface area contributed by atoms with E-state index in [9.17, 15) is 9.59 Å². The van der Waals surface area contributed by atoms with Crippen LogP contribution in [-0.4, -0.2) is 12.6 Å². The van der Waals surface area contributed by atoms with Crippen molar-refractivity contribution in [2.75, 3.05) is 0 Å². The Kier molecular flexibility index (Phi) is 11.0. The second kappa shape index (κ2) is 9.82. The fraction of sp³-hybridized carbons (Fsp3) is 0.400. The summed E-state index contributed by atoms with van der Waals surface area (Å²) in [6.07, 6.45) is 5.21. The van der Waals surface area contributed by atoms with Crippen molar-refractivity contribution in [2.24, 2.45) is 0 Å². The average molecular weight is 168 g/mol. The standard InChI is InChI=1S/2C5H8O/c2*1-3-5(2)4-6/h2*3-4H,1-2H3. The minimum absolute atomic E-state index is 0.787. The van der Waals surface area contributed by atoms with Crippen molar-refractivity contribution >= 4 is 12.6 Å². The molecule has 2 heteroatoms. The Balaban J connectivity index is 0. The maximum atomic E-state index is 9.67. The third kappa shape index (κ3) is 11.6. The van der Waals surface area contributed by atoms with Crippen LogP contribution in [-0.2, 0) is 9.59 Å². The van der Waals surface area contributed by atoms with E-state index in [1.165, 1.54) is 0 Å². The summed E-state index contributed by atoms with van der Waals surface area (Å²) in [6.45, 7) is 7.22. The largest absolute Gasteiger partial charge is 0.298 e. The van der Waals surface area contributed by atoms with Crippen molar-refractivity contribution in [1.82, 2.24) is 0 Å². The summed E-state index contributed by atoms with van der Waals surface area (Å²) in [6, 6.07) is 0. The lowest BCUT2D eigenvalue weighted by Gasteiger charge is -1.73. The van der Waals surface area contributed by atoms with E-state index in [-0.39, 0.29) is 0 Å². The first-order valence-electron chi connectivity index (χ1n) is 3.78. The average Bonchev–Trinajstić information content (AvgIpc) is 2.16. The minimum atomic E-state index is 0.787. The van der Waals surface area contributed by atoms with Crippen LogP contribution >= 0.6 is 0 Å². The minimum Gasteiger partial charge on any atom is -0.298 e. The lowest BCUT2D eigenvalue weighted by atomic mass is 10.3. The van der Waals surface area contributed by atoms with Crippen LogP contribution in [0.3, 0.4) is 0 Å². The molecule has 0 bridgehead atoms. The molecule has 0 spiro atoms. The van der Waals surface area contributed by atoms with Gasteiger partial charge in [0.05, 0.1) is 0 Å². The van der Waals surface area contributed by atoms with E-state index in [0.29, 0.717) is 0 Å². The molecule has 0 aliphatic heterocycles. The number of hydrogen-bond acceptors (Lipinski definition) is 2. The van der Waals surface area contributed by atoms with Gasteiger partial charge in [0.25, 0.3) is 0 Å². The van der Waals surface area contributed by atoms with Crippen LogP contribution in [0.2, 0.25) is 0 Å². The van der Waals surface area contributed by atoms with Gasteiger partial charge in [-0.25, -0.2) is 0 Å². The number of rotatable bonds is 2. The maximum absolute atomic E-state index is 9.67. The molecule has 0 radical (unpaired) electrons. The zero-order valence-electron chi connectivity index (χ0n) is 8.13. The lowest BCUT2D eigenvalue weighted by molar-refractivity contribution is -0.105. The predicted molar refractivity (Wildman–Crippen MR) is 51.0 cm³/mol. The van der Waals surface area contributed by atoms with Gasteiger partial charge in [0.1, 0.15) is 12.6 Å². The van der Waals surface area contributed by atoms with E-state index < -0.39 is 0 Å². The topological polar surface area (TPSA) is 34.1 Å². The van der Waals surface area contributed by atoms with Crippen molar-refractivity contribution < 1.29 is 9.59 Å².